The first-order valence-electron chi connectivity index (χ1n) is 43.8. The van der Waals surface area contributed by atoms with E-state index in [0.29, 0.717) is 118 Å². The van der Waals surface area contributed by atoms with Gasteiger partial charge in [0.05, 0.1) is 5.76 Å². The summed E-state index contributed by atoms with van der Waals surface area (Å²) in [4.78, 5) is 5.11. The van der Waals surface area contributed by atoms with E-state index in [2.05, 4.69) is 182 Å². The Morgan fingerprint density at radius 1 is 0.587 bits per heavy atom. The van der Waals surface area contributed by atoms with Crippen molar-refractivity contribution in [1.29, 1.82) is 0 Å². The van der Waals surface area contributed by atoms with E-state index >= 15 is 0 Å². The SMILES string of the molecule is C=C1C(C2=CCCC=C2)c2cc(C3CC4=C(CCCC4)OC4C=CCCC43)cc3c2B(c2cc4c(cc2C(C2=CC=CCC2)CC3)N(C2CCCCC2)C(C)C2CC(CC3C5=C(CCC=C5)CC5C=CCCC53)C=C3C(C5C=CCCC5)C5C6=C(CCC=C6)SC5C4C32)C2CC(C)C3C=CC=CC3C12. The van der Waals surface area contributed by atoms with Crippen LogP contribution in [-0.2, 0) is 11.2 Å². The third kappa shape index (κ3) is 11.1. The van der Waals surface area contributed by atoms with Crippen LogP contribution < -0.4 is 15.8 Å². The maximum Gasteiger partial charge on any atom is 0.214 e. The minimum atomic E-state index is 0.146. The molecule has 21 rings (SSSR count). The van der Waals surface area contributed by atoms with Gasteiger partial charge in [-0.1, -0.05) is 218 Å². The third-order valence-electron chi connectivity index (χ3n) is 32.5. The molecule has 5 aliphatic heterocycles. The molecule has 2 nitrogen and oxygen atoms in total. The summed E-state index contributed by atoms with van der Waals surface area (Å²) in [5, 5.41) is 0.515. The van der Waals surface area contributed by atoms with Crippen LogP contribution in [0.15, 0.2) is 214 Å². The first kappa shape index (κ1) is 66.5. The van der Waals surface area contributed by atoms with E-state index < -0.39 is 0 Å². The maximum atomic E-state index is 7.35. The van der Waals surface area contributed by atoms with E-state index in [0.717, 1.165) is 57.3 Å². The van der Waals surface area contributed by atoms with Gasteiger partial charge in [0, 0.05) is 59.0 Å². The molecule has 14 aliphatic carbocycles. The lowest BCUT2D eigenvalue weighted by molar-refractivity contribution is 0.0809. The van der Waals surface area contributed by atoms with Crippen molar-refractivity contribution in [2.75, 3.05) is 4.90 Å². The second-order valence-corrected chi connectivity index (χ2v) is 38.8. The molecule has 4 heteroatoms. The molecule has 22 atom stereocenters. The Kier molecular flexibility index (Phi) is 17.5. The van der Waals surface area contributed by atoms with Crippen LogP contribution in [0.4, 0.5) is 5.69 Å². The number of nitrogens with zero attached hydrogens (tertiary/aromatic N) is 1. The van der Waals surface area contributed by atoms with Crippen LogP contribution in [0.1, 0.15) is 258 Å². The number of rotatable bonds is 7. The van der Waals surface area contributed by atoms with Gasteiger partial charge >= 0.3 is 0 Å². The van der Waals surface area contributed by atoms with Crippen molar-refractivity contribution in [3.05, 3.63) is 242 Å². The smallest absolute Gasteiger partial charge is 0.214 e. The fourth-order valence-electron chi connectivity index (χ4n) is 28.3. The summed E-state index contributed by atoms with van der Waals surface area (Å²) in [5.41, 5.74) is 27.5. The molecule has 0 aromatic heterocycles. The monoisotopic (exact) mass is 1390 g/mol. The van der Waals surface area contributed by atoms with E-state index in [-0.39, 0.29) is 18.7 Å². The van der Waals surface area contributed by atoms with Crippen molar-refractivity contribution >= 4 is 35.1 Å². The standard InChI is InChI=1S/C100H118BNOS/c1-60-50-88-94(78-43-22-21-39-73(60)78)61(2)93(65-30-10-5-11-31-65)86-57-71(81-56-69-36-18-25-45-90(69)103-91-46-26-23-42-77(81)91)55-70-48-49-76(64-28-8-4-9-29-64)83-59-89-84(58-87(83)101(88)99(70)86)98-96-80(62(3)102(89)72-37-14-7-15-38-72)51-63(52-82-74-40-19-16-34-67(74)54-68-35-17-20-41-75(68)82)53-85(96)95(66-32-12-6-13-33-66)97-79-44-24-27-47-92(79)104-100(97)98/h4,8,10,12,16,20-22,24,26,28,30-32,34,39,41,43-44,46,53,55,57-60,62-63,66-67,72-74,76-78,80-82,88,91,93-98,100H,2,5-7,9,11,13-15,17-19,23,25,27,29,33,35-38,40,42,45,47-52,54,56H2,1,3H3. The largest absolute Gasteiger partial charge is 0.490 e. The van der Waals surface area contributed by atoms with E-state index in [1.54, 1.807) is 71.6 Å². The zero-order chi connectivity index (χ0) is 68.8. The van der Waals surface area contributed by atoms with Gasteiger partial charge in [-0.25, -0.2) is 0 Å². The normalized spacial score (nSPS) is 39.9. The van der Waals surface area contributed by atoms with Crippen molar-refractivity contribution in [3.8, 4) is 0 Å². The highest BCUT2D eigenvalue weighted by Crippen LogP contribution is 2.70. The Morgan fingerprint density at radius 2 is 1.41 bits per heavy atom. The minimum absolute atomic E-state index is 0.146. The Balaban J connectivity index is 0.826. The number of hydrogen-bond acceptors (Lipinski definition) is 3. The lowest BCUT2D eigenvalue weighted by Gasteiger charge is -2.55. The minimum Gasteiger partial charge on any atom is -0.490 e. The van der Waals surface area contributed by atoms with Crippen molar-refractivity contribution in [2.45, 2.75) is 266 Å². The van der Waals surface area contributed by atoms with Gasteiger partial charge in [0.15, 0.2) is 0 Å². The summed E-state index contributed by atoms with van der Waals surface area (Å²) in [6, 6.07) is 13.2. The number of ether oxygens (including phenoxy) is 1. The molecule has 3 fully saturated rings. The second-order valence-electron chi connectivity index (χ2n) is 37.5. The molecule has 0 amide bonds. The topological polar surface area (TPSA) is 12.5 Å². The average Bonchev–Trinajstić information content (AvgIpc) is 1.51. The predicted octanol–water partition coefficient (Wildman–Crippen LogP) is 24.3. The number of hydrogen-bond donors (Lipinski definition) is 0. The highest BCUT2D eigenvalue weighted by atomic mass is 32.2. The van der Waals surface area contributed by atoms with Gasteiger partial charge in [0.1, 0.15) is 6.10 Å². The van der Waals surface area contributed by atoms with Crippen LogP contribution in [-0.4, -0.2) is 30.2 Å². The quantitative estimate of drug-likeness (QED) is 0.203. The summed E-state index contributed by atoms with van der Waals surface area (Å²) in [6.07, 6.45) is 94.2. The number of allylic oxidation sites excluding steroid dienone is 30. The highest BCUT2D eigenvalue weighted by Gasteiger charge is 2.62. The molecule has 0 bridgehead atoms. The molecule has 0 spiro atoms. The van der Waals surface area contributed by atoms with Gasteiger partial charge in [0.2, 0.25) is 6.71 Å². The number of anilines is 1. The molecule has 2 aromatic rings. The highest BCUT2D eigenvalue weighted by molar-refractivity contribution is 8.04. The molecule has 3 saturated carbocycles. The molecule has 22 unspecified atom stereocenters. The maximum absolute atomic E-state index is 7.35. The van der Waals surface area contributed by atoms with Crippen LogP contribution in [0.25, 0.3) is 0 Å². The fourth-order valence-corrected chi connectivity index (χ4v) is 30.1. The number of fused-ring (bicyclic) bond motifs is 13. The van der Waals surface area contributed by atoms with Crippen molar-refractivity contribution in [2.24, 2.45) is 82.9 Å². The van der Waals surface area contributed by atoms with E-state index in [4.69, 9.17) is 11.3 Å². The van der Waals surface area contributed by atoms with Crippen LogP contribution >= 0.6 is 11.8 Å². The van der Waals surface area contributed by atoms with Gasteiger partial charge in [-0.3, -0.25) is 0 Å². The molecular formula is C100H118BNOS. The molecule has 104 heavy (non-hydrogen) atoms. The zero-order valence-corrected chi connectivity index (χ0v) is 64.0. The summed E-state index contributed by atoms with van der Waals surface area (Å²) >= 11 is 2.46. The third-order valence-corrected chi connectivity index (χ3v) is 34.1. The van der Waals surface area contributed by atoms with Crippen LogP contribution in [0, 0.1) is 82.9 Å². The second kappa shape index (κ2) is 27.4. The lowest BCUT2D eigenvalue weighted by Crippen LogP contribution is -2.55. The molecule has 0 N–H and O–H groups in total. The Hall–Kier alpha value is -5.71. The Morgan fingerprint density at radius 3 is 2.28 bits per heavy atom. The fraction of sp³-hybridized carbons (Fsp3) is 0.560. The molecule has 0 radical (unpaired) electrons. The van der Waals surface area contributed by atoms with Gasteiger partial charge < -0.3 is 9.64 Å². The number of benzene rings is 2. The summed E-state index contributed by atoms with van der Waals surface area (Å²) in [7, 11) is 0. The Bertz CT molecular complexity index is 4300. The Labute approximate surface area is 630 Å². The molecular weight excluding hydrogens is 1270 g/mol. The molecule has 5 heterocycles. The number of thioether (sulfide) groups is 1. The van der Waals surface area contributed by atoms with Crippen molar-refractivity contribution in [3.63, 3.8) is 0 Å². The summed E-state index contributed by atoms with van der Waals surface area (Å²) < 4.78 is 7.35. The zero-order valence-electron chi connectivity index (χ0n) is 63.2. The molecule has 19 aliphatic rings. The molecule has 2 aromatic carbocycles. The van der Waals surface area contributed by atoms with Gasteiger partial charge in [-0.05, 0) is 318 Å². The van der Waals surface area contributed by atoms with E-state index in [1.807, 2.05) is 11.1 Å². The van der Waals surface area contributed by atoms with E-state index in [1.165, 1.54) is 165 Å². The van der Waals surface area contributed by atoms with Gasteiger partial charge in [0.25, 0.3) is 0 Å². The van der Waals surface area contributed by atoms with Crippen molar-refractivity contribution < 1.29 is 4.74 Å². The molecule has 538 valence electrons. The van der Waals surface area contributed by atoms with Crippen LogP contribution in [0.3, 0.4) is 0 Å². The summed E-state index contributed by atoms with van der Waals surface area (Å²) in [6.45, 7) is 11.5. The van der Waals surface area contributed by atoms with Crippen LogP contribution in [0.5, 0.6) is 0 Å². The van der Waals surface area contributed by atoms with Crippen LogP contribution in [0.2, 0.25) is 5.82 Å². The summed E-state index contributed by atoms with van der Waals surface area (Å²) in [5.74, 6) is 10.9. The van der Waals surface area contributed by atoms with E-state index in [9.17, 15) is 0 Å². The van der Waals surface area contributed by atoms with Crippen molar-refractivity contribution in [1.82, 2.24) is 0 Å². The lowest BCUT2D eigenvalue weighted by atomic mass is 9.27. The average molecular weight is 1390 g/mol. The first-order chi connectivity index (χ1) is 51.3. The van der Waals surface area contributed by atoms with Gasteiger partial charge in [-0.2, -0.15) is 0 Å². The molecule has 0 saturated heterocycles. The first-order valence-corrected chi connectivity index (χ1v) is 44.7. The predicted molar refractivity (Wildman–Crippen MR) is 438 cm³/mol. The van der Waals surface area contributed by atoms with Gasteiger partial charge in [-0.15, -0.1) is 11.8 Å². The number of aryl methyl sites for hydroxylation is 1.